The van der Waals surface area contributed by atoms with E-state index in [1.165, 1.54) is 18.4 Å². The molecule has 0 aromatic carbocycles. The highest BCUT2D eigenvalue weighted by molar-refractivity contribution is 7.92. The molecule has 3 aliphatic rings. The monoisotopic (exact) mass is 380 g/mol. The van der Waals surface area contributed by atoms with Crippen LogP contribution >= 0.6 is 0 Å². The highest BCUT2D eigenvalue weighted by atomic mass is 32.2. The molecule has 1 aliphatic carbocycles. The van der Waals surface area contributed by atoms with Crippen molar-refractivity contribution in [3.8, 4) is 0 Å². The summed E-state index contributed by atoms with van der Waals surface area (Å²) in [4.78, 5) is 18.3. The predicted molar refractivity (Wildman–Crippen MR) is 99.7 cm³/mol. The molecule has 26 heavy (non-hydrogen) atoms. The number of nitrogens with one attached hydrogen (secondary N) is 2. The van der Waals surface area contributed by atoms with Gasteiger partial charge in [0.2, 0.25) is 0 Å². The average molecular weight is 380 g/mol. The van der Waals surface area contributed by atoms with Gasteiger partial charge in [0, 0.05) is 44.2 Å². The summed E-state index contributed by atoms with van der Waals surface area (Å²) >= 11 is 0. The van der Waals surface area contributed by atoms with Crippen LogP contribution in [0.15, 0.2) is 41.1 Å². The molecule has 0 saturated carbocycles. The summed E-state index contributed by atoms with van der Waals surface area (Å²) in [6.07, 6.45) is 8.71. The average Bonchev–Trinajstić information content (AvgIpc) is 2.60. The number of nitrogens with zero attached hydrogens (tertiary/aromatic N) is 2. The van der Waals surface area contributed by atoms with Crippen molar-refractivity contribution < 1.29 is 13.2 Å². The van der Waals surface area contributed by atoms with Gasteiger partial charge in [-0.1, -0.05) is 18.2 Å². The Kier molecular flexibility index (Phi) is 4.67. The number of nitrogens with two attached hydrogens (primary N) is 2. The van der Waals surface area contributed by atoms with Gasteiger partial charge in [0.15, 0.2) is 15.8 Å². The Morgan fingerprint density at radius 1 is 1.31 bits per heavy atom. The second-order valence-electron chi connectivity index (χ2n) is 6.72. The fourth-order valence-electron chi connectivity index (χ4n) is 3.49. The number of amides is 1. The summed E-state index contributed by atoms with van der Waals surface area (Å²) in [7, 11) is -3.66. The summed E-state index contributed by atoms with van der Waals surface area (Å²) in [5.74, 6) is -0.0674. The van der Waals surface area contributed by atoms with Crippen molar-refractivity contribution in [2.24, 2.45) is 16.5 Å². The van der Waals surface area contributed by atoms with Gasteiger partial charge in [0.25, 0.3) is 5.91 Å². The van der Waals surface area contributed by atoms with Crippen LogP contribution < -0.4 is 22.1 Å². The van der Waals surface area contributed by atoms with Gasteiger partial charge in [-0.05, 0) is 12.5 Å². The summed E-state index contributed by atoms with van der Waals surface area (Å²) in [5, 5.41) is 5.96. The van der Waals surface area contributed by atoms with E-state index in [2.05, 4.69) is 15.6 Å². The molecule has 9 nitrogen and oxygen atoms in total. The van der Waals surface area contributed by atoms with Crippen molar-refractivity contribution in [3.05, 3.63) is 36.1 Å². The maximum atomic E-state index is 12.7. The van der Waals surface area contributed by atoms with Gasteiger partial charge in [0.05, 0.1) is 0 Å². The molecule has 6 N–H and O–H groups in total. The minimum atomic E-state index is -3.66. The van der Waals surface area contributed by atoms with Gasteiger partial charge in [-0.3, -0.25) is 4.79 Å². The zero-order valence-electron chi connectivity index (χ0n) is 14.6. The van der Waals surface area contributed by atoms with E-state index in [0.29, 0.717) is 18.7 Å². The van der Waals surface area contributed by atoms with Gasteiger partial charge >= 0.3 is 0 Å². The quantitative estimate of drug-likeness (QED) is 0.451. The Bertz CT molecular complexity index is 825. The highest BCUT2D eigenvalue weighted by Crippen LogP contribution is 2.38. The lowest BCUT2D eigenvalue weighted by Crippen LogP contribution is -2.72. The van der Waals surface area contributed by atoms with Crippen LogP contribution in [0.4, 0.5) is 0 Å². The van der Waals surface area contributed by atoms with Crippen LogP contribution in [0.5, 0.6) is 0 Å². The van der Waals surface area contributed by atoms with Crippen LogP contribution in [-0.2, 0) is 14.6 Å². The third-order valence-corrected chi connectivity index (χ3v) is 7.02. The van der Waals surface area contributed by atoms with Crippen LogP contribution in [0.25, 0.3) is 0 Å². The van der Waals surface area contributed by atoms with Crippen molar-refractivity contribution in [3.63, 3.8) is 0 Å². The molecule has 2 heterocycles. The standard InChI is InChI=1S/C16H24N6O3S/c1-26(24,25)15(16(18)6-7-20-14(17)21-16)4-2-12(3-5-15)13(23)22-10-8-19-9-11-22/h2-4,6-7,19H,5,8-11,18H2,1H3,(H3,17,20,21). The number of sulfone groups is 1. The molecular formula is C16H24N6O3S. The maximum Gasteiger partial charge on any atom is 0.253 e. The number of aliphatic imine (C=N–C) groups is 1. The summed E-state index contributed by atoms with van der Waals surface area (Å²) < 4.78 is 23.9. The zero-order chi connectivity index (χ0) is 19.0. The number of carbonyl (C=O) groups is 1. The number of carbonyl (C=O) groups excluding carboxylic acids is 1. The Morgan fingerprint density at radius 2 is 2.00 bits per heavy atom. The minimum Gasteiger partial charge on any atom is -0.370 e. The van der Waals surface area contributed by atoms with Crippen molar-refractivity contribution in [1.29, 1.82) is 0 Å². The third kappa shape index (κ3) is 3.04. The van der Waals surface area contributed by atoms with Crippen LogP contribution in [0, 0.1) is 0 Å². The Hall–Kier alpha value is -2.17. The molecule has 2 aliphatic heterocycles. The van der Waals surface area contributed by atoms with E-state index in [0.717, 1.165) is 19.3 Å². The largest absolute Gasteiger partial charge is 0.370 e. The Labute approximate surface area is 152 Å². The van der Waals surface area contributed by atoms with Crippen molar-refractivity contribution in [1.82, 2.24) is 15.5 Å². The van der Waals surface area contributed by atoms with Gasteiger partial charge in [-0.15, -0.1) is 0 Å². The molecule has 0 aromatic heterocycles. The number of allylic oxidation sites excluding steroid dienone is 1. The normalized spacial score (nSPS) is 31.8. The SMILES string of the molecule is CS(=O)(=O)C1(C2(N)C=CN=C(N)N2)C=CC(C(=O)N2CCNCC2)=CC1. The molecule has 0 bridgehead atoms. The summed E-state index contributed by atoms with van der Waals surface area (Å²) in [6, 6.07) is 0. The van der Waals surface area contributed by atoms with Crippen LogP contribution in [-0.4, -0.2) is 68.0 Å². The van der Waals surface area contributed by atoms with E-state index in [4.69, 9.17) is 11.5 Å². The first-order chi connectivity index (χ1) is 12.2. The lowest BCUT2D eigenvalue weighted by molar-refractivity contribution is -0.127. The molecule has 1 saturated heterocycles. The predicted octanol–water partition coefficient (Wildman–Crippen LogP) is -1.83. The third-order valence-electron chi connectivity index (χ3n) is 5.06. The van der Waals surface area contributed by atoms with E-state index in [1.54, 1.807) is 17.1 Å². The lowest BCUT2D eigenvalue weighted by atomic mass is 9.83. The molecule has 10 heteroatoms. The van der Waals surface area contributed by atoms with E-state index >= 15 is 0 Å². The Morgan fingerprint density at radius 3 is 2.54 bits per heavy atom. The van der Waals surface area contributed by atoms with E-state index in [9.17, 15) is 13.2 Å². The number of piperazine rings is 1. The Balaban J connectivity index is 1.90. The number of hydrogen-bond donors (Lipinski definition) is 4. The zero-order valence-corrected chi connectivity index (χ0v) is 15.4. The second kappa shape index (κ2) is 6.53. The molecule has 2 atom stereocenters. The first-order valence-electron chi connectivity index (χ1n) is 8.36. The van der Waals surface area contributed by atoms with Gasteiger partial charge in [-0.25, -0.2) is 13.4 Å². The minimum absolute atomic E-state index is 0.0399. The van der Waals surface area contributed by atoms with Crippen molar-refractivity contribution in [2.75, 3.05) is 32.4 Å². The van der Waals surface area contributed by atoms with Crippen molar-refractivity contribution >= 4 is 21.7 Å². The first kappa shape index (κ1) is 18.6. The van der Waals surface area contributed by atoms with Gasteiger partial charge in [0.1, 0.15) is 10.4 Å². The summed E-state index contributed by atoms with van der Waals surface area (Å²) in [6.45, 7) is 2.74. The highest BCUT2D eigenvalue weighted by Gasteiger charge is 2.55. The first-order valence-corrected chi connectivity index (χ1v) is 10.2. The van der Waals surface area contributed by atoms with Gasteiger partial charge in [-0.2, -0.15) is 0 Å². The smallest absolute Gasteiger partial charge is 0.253 e. The number of guanidine groups is 1. The second-order valence-corrected chi connectivity index (χ2v) is 9.00. The summed E-state index contributed by atoms with van der Waals surface area (Å²) in [5.41, 5.74) is 11.1. The number of hydrogen-bond acceptors (Lipinski definition) is 8. The van der Waals surface area contributed by atoms with Crippen LogP contribution in [0.2, 0.25) is 0 Å². The van der Waals surface area contributed by atoms with Crippen LogP contribution in [0.1, 0.15) is 6.42 Å². The molecule has 0 aromatic rings. The van der Waals surface area contributed by atoms with Crippen molar-refractivity contribution in [2.45, 2.75) is 16.8 Å². The molecule has 3 rings (SSSR count). The molecule has 142 valence electrons. The molecule has 1 amide bonds. The topological polar surface area (TPSA) is 143 Å². The fraction of sp³-hybridized carbons (Fsp3) is 0.500. The molecule has 0 radical (unpaired) electrons. The molecule has 2 unspecified atom stereocenters. The fourth-order valence-corrected chi connectivity index (χ4v) is 4.92. The molecule has 0 spiro atoms. The van der Waals surface area contributed by atoms with Gasteiger partial charge < -0.3 is 27.0 Å². The van der Waals surface area contributed by atoms with E-state index in [-0.39, 0.29) is 18.3 Å². The van der Waals surface area contributed by atoms with E-state index in [1.807, 2.05) is 0 Å². The number of rotatable bonds is 3. The van der Waals surface area contributed by atoms with Crippen LogP contribution in [0.3, 0.4) is 0 Å². The maximum absolute atomic E-state index is 12.7. The molecular weight excluding hydrogens is 356 g/mol. The lowest BCUT2D eigenvalue weighted by Gasteiger charge is -2.45. The van der Waals surface area contributed by atoms with E-state index < -0.39 is 20.2 Å². The molecule has 1 fully saturated rings.